The number of sulfonamides is 1. The van der Waals surface area contributed by atoms with Gasteiger partial charge in [-0.05, 0) is 48.5 Å². The number of nitrogens with one attached hydrogen (secondary N) is 2. The molecule has 11 heteroatoms. The molecular formula is C23H22ClFN2O5S2. The molecule has 3 rings (SSSR count). The summed E-state index contributed by atoms with van der Waals surface area (Å²) in [5.41, 5.74) is 1.03. The average Bonchev–Trinajstić information content (AvgIpc) is 2.81. The maximum atomic E-state index is 13.8. The number of hydrogen-bond donors (Lipinski definition) is 2. The summed E-state index contributed by atoms with van der Waals surface area (Å²) < 4.78 is 52.1. The van der Waals surface area contributed by atoms with Gasteiger partial charge in [-0.1, -0.05) is 17.7 Å². The van der Waals surface area contributed by atoms with E-state index in [-0.39, 0.29) is 28.0 Å². The molecule has 0 fully saturated rings. The number of ether oxygens (including phenoxy) is 2. The summed E-state index contributed by atoms with van der Waals surface area (Å²) in [6.07, 6.45) is 0. The van der Waals surface area contributed by atoms with Crippen molar-refractivity contribution in [3.05, 3.63) is 77.1 Å². The Balaban J connectivity index is 1.59. The lowest BCUT2D eigenvalue weighted by Gasteiger charge is -2.13. The highest BCUT2D eigenvalue weighted by Gasteiger charge is 2.17. The van der Waals surface area contributed by atoms with E-state index in [1.165, 1.54) is 68.4 Å². The minimum atomic E-state index is -3.90. The van der Waals surface area contributed by atoms with Gasteiger partial charge in [0, 0.05) is 28.1 Å². The Hall–Kier alpha value is -2.95. The van der Waals surface area contributed by atoms with Crippen LogP contribution in [0.1, 0.15) is 5.56 Å². The molecule has 0 aliphatic heterocycles. The first-order chi connectivity index (χ1) is 16.2. The van der Waals surface area contributed by atoms with E-state index in [0.29, 0.717) is 27.8 Å². The predicted molar refractivity (Wildman–Crippen MR) is 133 cm³/mol. The summed E-state index contributed by atoms with van der Waals surface area (Å²) in [4.78, 5) is 12.2. The maximum Gasteiger partial charge on any atom is 0.262 e. The van der Waals surface area contributed by atoms with Gasteiger partial charge in [-0.15, -0.1) is 11.8 Å². The molecule has 0 saturated heterocycles. The van der Waals surface area contributed by atoms with E-state index in [1.54, 1.807) is 18.2 Å². The second-order valence-corrected chi connectivity index (χ2v) is 10.0. The average molecular weight is 525 g/mol. The van der Waals surface area contributed by atoms with Gasteiger partial charge in [0.2, 0.25) is 5.91 Å². The molecule has 0 heterocycles. The third kappa shape index (κ3) is 6.55. The predicted octanol–water partition coefficient (Wildman–Crippen LogP) is 5.17. The number of halogens is 2. The topological polar surface area (TPSA) is 93.7 Å². The van der Waals surface area contributed by atoms with Gasteiger partial charge in [-0.25, -0.2) is 12.8 Å². The van der Waals surface area contributed by atoms with Crippen LogP contribution in [0.3, 0.4) is 0 Å². The Morgan fingerprint density at radius 3 is 2.44 bits per heavy atom. The number of benzene rings is 3. The molecule has 0 atom stereocenters. The first-order valence-electron chi connectivity index (χ1n) is 9.89. The van der Waals surface area contributed by atoms with Crippen molar-refractivity contribution in [3.8, 4) is 11.5 Å². The van der Waals surface area contributed by atoms with Gasteiger partial charge in [0.05, 0.1) is 30.6 Å². The lowest BCUT2D eigenvalue weighted by Crippen LogP contribution is -2.15. The second-order valence-electron chi connectivity index (χ2n) is 6.94. The molecule has 0 saturated carbocycles. The van der Waals surface area contributed by atoms with E-state index in [2.05, 4.69) is 10.0 Å². The smallest absolute Gasteiger partial charge is 0.262 e. The number of rotatable bonds is 10. The second kappa shape index (κ2) is 11.5. The highest BCUT2D eigenvalue weighted by molar-refractivity contribution is 7.99. The monoisotopic (exact) mass is 524 g/mol. The van der Waals surface area contributed by atoms with Crippen molar-refractivity contribution in [2.24, 2.45) is 0 Å². The quantitative estimate of drug-likeness (QED) is 0.380. The van der Waals surface area contributed by atoms with E-state index in [9.17, 15) is 17.6 Å². The minimum Gasteiger partial charge on any atom is -0.497 e. The molecule has 1 amide bonds. The van der Waals surface area contributed by atoms with Gasteiger partial charge in [-0.3, -0.25) is 9.52 Å². The number of carbonyl (C=O) groups is 1. The molecule has 2 N–H and O–H groups in total. The Bertz CT molecular complexity index is 1250. The Morgan fingerprint density at radius 1 is 1.06 bits per heavy atom. The largest absolute Gasteiger partial charge is 0.497 e. The van der Waals surface area contributed by atoms with Crippen LogP contribution < -0.4 is 19.5 Å². The van der Waals surface area contributed by atoms with Crippen LogP contribution in [0, 0.1) is 5.82 Å². The van der Waals surface area contributed by atoms with Crippen molar-refractivity contribution in [3.63, 3.8) is 0 Å². The summed E-state index contributed by atoms with van der Waals surface area (Å²) in [7, 11) is -0.979. The number of methoxy groups -OCH3 is 2. The zero-order valence-electron chi connectivity index (χ0n) is 18.3. The summed E-state index contributed by atoms with van der Waals surface area (Å²) >= 11 is 7.20. The van der Waals surface area contributed by atoms with Crippen LogP contribution in [0.5, 0.6) is 11.5 Å². The number of anilines is 2. The molecule has 0 aliphatic rings. The van der Waals surface area contributed by atoms with Gasteiger partial charge in [0.1, 0.15) is 17.3 Å². The summed E-state index contributed by atoms with van der Waals surface area (Å²) in [5, 5.41) is 2.99. The Labute approximate surface area is 206 Å². The van der Waals surface area contributed by atoms with E-state index < -0.39 is 15.8 Å². The van der Waals surface area contributed by atoms with Crippen LogP contribution >= 0.6 is 23.4 Å². The van der Waals surface area contributed by atoms with Crippen LogP contribution in [0.4, 0.5) is 15.8 Å². The van der Waals surface area contributed by atoms with Crippen LogP contribution in [0.25, 0.3) is 0 Å². The molecule has 0 unspecified atom stereocenters. The normalized spacial score (nSPS) is 11.1. The lowest BCUT2D eigenvalue weighted by atomic mass is 10.2. The molecule has 0 radical (unpaired) electrons. The van der Waals surface area contributed by atoms with Gasteiger partial charge in [0.25, 0.3) is 10.0 Å². The first kappa shape index (κ1) is 25.7. The standard InChI is InChI=1S/C23H22ClFN2O5S2/c1-31-16-8-11-21(22(12-16)32-2)27-34(29,30)17-9-6-15(7-10-17)26-23(28)14-33-13-18-19(24)4-3-5-20(18)25/h3-12,27H,13-14H2,1-2H3,(H,26,28). The van der Waals surface area contributed by atoms with E-state index in [0.717, 1.165) is 0 Å². The molecule has 0 aromatic heterocycles. The van der Waals surface area contributed by atoms with Crippen molar-refractivity contribution in [1.82, 2.24) is 0 Å². The number of hydrogen-bond acceptors (Lipinski definition) is 6. The van der Waals surface area contributed by atoms with Gasteiger partial charge in [-0.2, -0.15) is 0 Å². The van der Waals surface area contributed by atoms with E-state index >= 15 is 0 Å². The van der Waals surface area contributed by atoms with E-state index in [1.807, 2.05) is 0 Å². The van der Waals surface area contributed by atoms with Crippen molar-refractivity contribution in [2.75, 3.05) is 30.0 Å². The summed E-state index contributed by atoms with van der Waals surface area (Å²) in [5.74, 6) is 0.420. The first-order valence-corrected chi connectivity index (χ1v) is 12.9. The molecule has 0 spiro atoms. The summed E-state index contributed by atoms with van der Waals surface area (Å²) in [6.45, 7) is 0. The molecule has 180 valence electrons. The van der Waals surface area contributed by atoms with Crippen molar-refractivity contribution in [1.29, 1.82) is 0 Å². The number of amides is 1. The van der Waals surface area contributed by atoms with Gasteiger partial charge in [0.15, 0.2) is 0 Å². The molecule has 3 aromatic carbocycles. The summed E-state index contributed by atoms with van der Waals surface area (Å²) in [6, 6.07) is 14.9. The number of carbonyl (C=O) groups excluding carboxylic acids is 1. The van der Waals surface area contributed by atoms with Crippen molar-refractivity contribution >= 4 is 50.7 Å². The Kier molecular flexibility index (Phi) is 8.65. The lowest BCUT2D eigenvalue weighted by molar-refractivity contribution is -0.113. The SMILES string of the molecule is COc1ccc(NS(=O)(=O)c2ccc(NC(=O)CSCc3c(F)cccc3Cl)cc2)c(OC)c1. The zero-order valence-corrected chi connectivity index (χ0v) is 20.7. The Morgan fingerprint density at radius 2 is 1.79 bits per heavy atom. The van der Waals surface area contributed by atoms with Gasteiger partial charge >= 0.3 is 0 Å². The third-order valence-corrected chi connectivity index (χ3v) is 7.34. The molecular weight excluding hydrogens is 503 g/mol. The fraction of sp³-hybridized carbons (Fsp3) is 0.174. The third-order valence-electron chi connectivity index (χ3n) is 4.64. The van der Waals surface area contributed by atoms with Crippen LogP contribution in [-0.2, 0) is 20.6 Å². The minimum absolute atomic E-state index is 0.00643. The molecule has 0 aliphatic carbocycles. The fourth-order valence-corrected chi connectivity index (χ4v) is 5.15. The number of thioether (sulfide) groups is 1. The van der Waals surface area contributed by atoms with Crippen molar-refractivity contribution < 1.29 is 27.1 Å². The van der Waals surface area contributed by atoms with E-state index in [4.69, 9.17) is 21.1 Å². The zero-order chi connectivity index (χ0) is 24.7. The van der Waals surface area contributed by atoms with Crippen LogP contribution in [-0.4, -0.2) is 34.3 Å². The fourth-order valence-electron chi connectivity index (χ4n) is 2.92. The highest BCUT2D eigenvalue weighted by Crippen LogP contribution is 2.31. The highest BCUT2D eigenvalue weighted by atomic mass is 35.5. The van der Waals surface area contributed by atoms with Crippen LogP contribution in [0.15, 0.2) is 65.6 Å². The van der Waals surface area contributed by atoms with Crippen LogP contribution in [0.2, 0.25) is 5.02 Å². The molecule has 0 bridgehead atoms. The molecule has 3 aromatic rings. The van der Waals surface area contributed by atoms with Gasteiger partial charge < -0.3 is 14.8 Å². The molecule has 7 nitrogen and oxygen atoms in total. The molecule has 34 heavy (non-hydrogen) atoms. The maximum absolute atomic E-state index is 13.8. The van der Waals surface area contributed by atoms with Crippen molar-refractivity contribution in [2.45, 2.75) is 10.6 Å².